The average Bonchev–Trinajstić information content (AvgIpc) is 3.98. The molecule has 2 nitrogen and oxygen atoms in total. The normalized spacial score (nSPS) is 12.1. The second-order valence-electron chi connectivity index (χ2n) is 18.3. The van der Waals surface area contributed by atoms with E-state index in [1.165, 1.54) is 109 Å². The van der Waals surface area contributed by atoms with Gasteiger partial charge in [-0.3, -0.25) is 0 Å². The van der Waals surface area contributed by atoms with Gasteiger partial charge in [-0.2, -0.15) is 0 Å². The summed E-state index contributed by atoms with van der Waals surface area (Å²) < 4.78 is 12.3. The van der Waals surface area contributed by atoms with E-state index in [4.69, 9.17) is 8.83 Å². The van der Waals surface area contributed by atoms with E-state index in [2.05, 4.69) is 206 Å². The van der Waals surface area contributed by atoms with Crippen LogP contribution in [0, 0.1) is 0 Å². The highest BCUT2D eigenvalue weighted by atomic mass is 16.3. The van der Waals surface area contributed by atoms with Crippen LogP contribution in [0.25, 0.3) is 153 Å². The van der Waals surface area contributed by atoms with E-state index in [0.717, 1.165) is 43.9 Å². The van der Waals surface area contributed by atoms with Crippen LogP contribution in [-0.2, 0) is 0 Å². The van der Waals surface area contributed by atoms with Crippen molar-refractivity contribution in [2.75, 3.05) is 0 Å². The van der Waals surface area contributed by atoms with E-state index < -0.39 is 0 Å². The van der Waals surface area contributed by atoms with Crippen molar-refractivity contribution in [2.24, 2.45) is 0 Å². The minimum absolute atomic E-state index is 0.911. The number of benzene rings is 13. The predicted molar refractivity (Wildman–Crippen MR) is 288 cm³/mol. The average molecular weight is 863 g/mol. The first-order valence-corrected chi connectivity index (χ1v) is 23.4. The Morgan fingerprint density at radius 3 is 1.04 bits per heavy atom. The van der Waals surface area contributed by atoms with E-state index in [1.807, 2.05) is 24.3 Å². The molecule has 0 aliphatic rings. The summed E-state index contributed by atoms with van der Waals surface area (Å²) in [5.74, 6) is 0. The largest absolute Gasteiger partial charge is 0.456 e. The molecule has 2 heterocycles. The molecule has 15 rings (SSSR count). The summed E-state index contributed by atoms with van der Waals surface area (Å²) in [5, 5.41) is 19.7. The highest BCUT2D eigenvalue weighted by Gasteiger charge is 2.18. The number of hydrogen-bond donors (Lipinski definition) is 0. The molecule has 0 fully saturated rings. The molecule has 0 amide bonds. The third kappa shape index (κ3) is 5.52. The van der Waals surface area contributed by atoms with Gasteiger partial charge in [0.1, 0.15) is 22.3 Å². The molecule has 0 aliphatic heterocycles. The third-order valence-electron chi connectivity index (χ3n) is 14.6. The SMILES string of the molecule is c1ccc2c(c1)oc1ccc(-c3ccc(-c4ccc5c6ccccc6c6cc(-c7cccc8c9ccccc9c9cc(-c%10ccc%11oc%12ccccc%12c%11c%10)ccc9c78)ccc6c5c4)cc3)cc12. The zero-order chi connectivity index (χ0) is 44.5. The van der Waals surface area contributed by atoms with Crippen molar-refractivity contribution in [3.63, 3.8) is 0 Å². The van der Waals surface area contributed by atoms with Crippen molar-refractivity contribution >= 4 is 109 Å². The van der Waals surface area contributed by atoms with Crippen molar-refractivity contribution in [1.82, 2.24) is 0 Å². The molecule has 68 heavy (non-hydrogen) atoms. The molecule has 0 aliphatic carbocycles. The Balaban J connectivity index is 0.871. The highest BCUT2D eigenvalue weighted by molar-refractivity contribution is 6.30. The van der Waals surface area contributed by atoms with Crippen LogP contribution in [-0.4, -0.2) is 0 Å². The first-order chi connectivity index (χ1) is 33.7. The maximum atomic E-state index is 6.20. The summed E-state index contributed by atoms with van der Waals surface area (Å²) in [6.07, 6.45) is 0. The summed E-state index contributed by atoms with van der Waals surface area (Å²) in [7, 11) is 0. The molecule has 0 bridgehead atoms. The summed E-state index contributed by atoms with van der Waals surface area (Å²) in [6, 6.07) is 84.4. The monoisotopic (exact) mass is 862 g/mol. The minimum atomic E-state index is 0.911. The summed E-state index contributed by atoms with van der Waals surface area (Å²) >= 11 is 0. The third-order valence-corrected chi connectivity index (χ3v) is 14.6. The minimum Gasteiger partial charge on any atom is -0.456 e. The highest BCUT2D eigenvalue weighted by Crippen LogP contribution is 2.45. The molecule has 0 saturated carbocycles. The first-order valence-electron chi connectivity index (χ1n) is 23.4. The molecule has 2 aromatic heterocycles. The molecule has 15 aromatic rings. The van der Waals surface area contributed by atoms with Crippen molar-refractivity contribution in [1.29, 1.82) is 0 Å². The Bertz CT molecular complexity index is 4600. The van der Waals surface area contributed by atoms with E-state index in [1.54, 1.807) is 0 Å². The van der Waals surface area contributed by atoms with Crippen LogP contribution >= 0.6 is 0 Å². The van der Waals surface area contributed by atoms with Crippen LogP contribution in [0.15, 0.2) is 239 Å². The van der Waals surface area contributed by atoms with Crippen molar-refractivity contribution in [2.45, 2.75) is 0 Å². The molecule has 0 N–H and O–H groups in total. The lowest BCUT2D eigenvalue weighted by atomic mass is 9.86. The molecule has 2 heteroatoms. The van der Waals surface area contributed by atoms with Gasteiger partial charge < -0.3 is 8.83 Å². The smallest absolute Gasteiger partial charge is 0.135 e. The van der Waals surface area contributed by atoms with Crippen molar-refractivity contribution in [3.8, 4) is 44.5 Å². The van der Waals surface area contributed by atoms with Crippen LogP contribution in [0.1, 0.15) is 0 Å². The van der Waals surface area contributed by atoms with Gasteiger partial charge in [-0.15, -0.1) is 0 Å². The lowest BCUT2D eigenvalue weighted by molar-refractivity contribution is 0.668. The van der Waals surface area contributed by atoms with E-state index in [-0.39, 0.29) is 0 Å². The quantitative estimate of drug-likeness (QED) is 0.165. The molecule has 0 unspecified atom stereocenters. The fourth-order valence-electron chi connectivity index (χ4n) is 11.4. The number of fused-ring (bicyclic) bond motifs is 18. The Labute approximate surface area is 390 Å². The van der Waals surface area contributed by atoms with E-state index in [9.17, 15) is 0 Å². The van der Waals surface area contributed by atoms with Crippen molar-refractivity contribution in [3.05, 3.63) is 231 Å². The standard InChI is InChI=1S/C66H38O2/c1-3-12-49-47(10-1)51-29-24-41(39-20-22-40(23-21-39)42-27-32-64-60(36-42)53-14-5-7-18-62(53)67-64)34-57(51)52-30-26-45(38-58(49)52)46-16-9-17-55-48-11-2-4-13-50(48)59-35-43(25-31-56(59)66(46)55)44-28-33-65-61(37-44)54-15-6-8-19-63(54)68-65/h1-38H. The molecule has 0 saturated heterocycles. The maximum absolute atomic E-state index is 6.20. The zero-order valence-corrected chi connectivity index (χ0v) is 36.8. The molecular weight excluding hydrogens is 825 g/mol. The number of rotatable bonds is 4. The molecule has 0 atom stereocenters. The van der Waals surface area contributed by atoms with Gasteiger partial charge in [-0.1, -0.05) is 176 Å². The number of hydrogen-bond acceptors (Lipinski definition) is 2. The topological polar surface area (TPSA) is 26.3 Å². The Kier molecular flexibility index (Phi) is 7.81. The summed E-state index contributed by atoms with van der Waals surface area (Å²) in [6.45, 7) is 0. The molecule has 314 valence electrons. The van der Waals surface area contributed by atoms with E-state index >= 15 is 0 Å². The molecular formula is C66H38O2. The fraction of sp³-hybridized carbons (Fsp3) is 0. The van der Waals surface area contributed by atoms with Crippen LogP contribution in [0.4, 0.5) is 0 Å². The molecule has 13 aromatic carbocycles. The predicted octanol–water partition coefficient (Wildman–Crippen LogP) is 19.1. The van der Waals surface area contributed by atoms with Gasteiger partial charge in [0.2, 0.25) is 0 Å². The lowest BCUT2D eigenvalue weighted by Crippen LogP contribution is -1.89. The molecule has 0 radical (unpaired) electrons. The fourth-order valence-corrected chi connectivity index (χ4v) is 11.4. The van der Waals surface area contributed by atoms with Crippen LogP contribution in [0.3, 0.4) is 0 Å². The van der Waals surface area contributed by atoms with Gasteiger partial charge >= 0.3 is 0 Å². The van der Waals surface area contributed by atoms with Crippen LogP contribution in [0.2, 0.25) is 0 Å². The molecule has 0 spiro atoms. The Hall–Kier alpha value is -8.98. The van der Waals surface area contributed by atoms with Gasteiger partial charge in [-0.25, -0.2) is 0 Å². The van der Waals surface area contributed by atoms with Gasteiger partial charge in [0.05, 0.1) is 0 Å². The van der Waals surface area contributed by atoms with Gasteiger partial charge in [0.15, 0.2) is 0 Å². The van der Waals surface area contributed by atoms with E-state index in [0.29, 0.717) is 0 Å². The summed E-state index contributed by atoms with van der Waals surface area (Å²) in [5.41, 5.74) is 13.2. The second-order valence-corrected chi connectivity index (χ2v) is 18.3. The van der Waals surface area contributed by atoms with Gasteiger partial charge in [0, 0.05) is 21.5 Å². The zero-order valence-electron chi connectivity index (χ0n) is 36.8. The van der Waals surface area contributed by atoms with Crippen LogP contribution < -0.4 is 0 Å². The maximum Gasteiger partial charge on any atom is 0.135 e. The number of para-hydroxylation sites is 2. The Morgan fingerprint density at radius 1 is 0.176 bits per heavy atom. The summed E-state index contributed by atoms with van der Waals surface area (Å²) in [4.78, 5) is 0. The first kappa shape index (κ1) is 37.3. The van der Waals surface area contributed by atoms with Gasteiger partial charge in [-0.05, 0) is 164 Å². The second kappa shape index (κ2) is 14.3. The van der Waals surface area contributed by atoms with Crippen LogP contribution in [0.5, 0.6) is 0 Å². The number of furan rings is 2. The Morgan fingerprint density at radius 2 is 0.485 bits per heavy atom. The van der Waals surface area contributed by atoms with Crippen molar-refractivity contribution < 1.29 is 8.83 Å². The lowest BCUT2D eigenvalue weighted by Gasteiger charge is -2.17. The van der Waals surface area contributed by atoms with Gasteiger partial charge in [0.25, 0.3) is 0 Å².